The van der Waals surface area contributed by atoms with E-state index in [1.165, 1.54) is 0 Å². The minimum absolute atomic E-state index is 0.0490. The zero-order chi connectivity index (χ0) is 22.0. The largest absolute Gasteiger partial charge is 0.289 e. The molecule has 32 heavy (non-hydrogen) atoms. The molecule has 0 unspecified atom stereocenters. The van der Waals surface area contributed by atoms with Gasteiger partial charge in [-0.2, -0.15) is 0 Å². The van der Waals surface area contributed by atoms with E-state index in [0.29, 0.717) is 22.3 Å². The van der Waals surface area contributed by atoms with Gasteiger partial charge >= 0.3 is 0 Å². The Morgan fingerprint density at radius 1 is 0.406 bits per heavy atom. The van der Waals surface area contributed by atoms with Gasteiger partial charge in [-0.25, -0.2) is 0 Å². The topological polar surface area (TPSA) is 34.1 Å². The molecular weight excluding hydrogens is 392 g/mol. The van der Waals surface area contributed by atoms with Crippen LogP contribution in [0.5, 0.6) is 0 Å². The highest BCUT2D eigenvalue weighted by atomic mass is 16.1. The van der Waals surface area contributed by atoms with Crippen LogP contribution in [0.3, 0.4) is 0 Å². The van der Waals surface area contributed by atoms with Crippen LogP contribution in [0.25, 0.3) is 11.1 Å². The Balaban J connectivity index is 1.83. The van der Waals surface area contributed by atoms with E-state index >= 15 is 0 Å². The van der Waals surface area contributed by atoms with E-state index in [1.54, 1.807) is 0 Å². The van der Waals surface area contributed by atoms with Crippen LogP contribution in [0.2, 0.25) is 0 Å². The molecule has 0 saturated carbocycles. The number of hydrogen-bond donors (Lipinski definition) is 0. The van der Waals surface area contributed by atoms with Crippen LogP contribution in [0.1, 0.15) is 65.2 Å². The molecule has 4 aromatic carbocycles. The molecule has 0 atom stereocenters. The number of hydrogen-bond acceptors (Lipinski definition) is 2. The van der Waals surface area contributed by atoms with E-state index in [4.69, 9.17) is 0 Å². The van der Waals surface area contributed by atoms with Gasteiger partial charge in [0.05, 0.1) is 0 Å². The smallest absolute Gasteiger partial charge is 0.194 e. The van der Waals surface area contributed by atoms with E-state index in [2.05, 4.69) is 12.1 Å². The molecule has 2 heteroatoms. The molecule has 0 spiro atoms. The lowest BCUT2D eigenvalue weighted by atomic mass is 9.72. The molecule has 0 N–H and O–H groups in total. The van der Waals surface area contributed by atoms with Crippen molar-refractivity contribution >= 4 is 22.7 Å². The van der Waals surface area contributed by atoms with Crippen molar-refractivity contribution in [3.8, 4) is 0 Å². The Morgan fingerprint density at radius 2 is 0.750 bits per heavy atom. The third kappa shape index (κ3) is 2.53. The third-order valence-electron chi connectivity index (χ3n) is 6.51. The van der Waals surface area contributed by atoms with Crippen molar-refractivity contribution in [2.24, 2.45) is 0 Å². The minimum atomic E-state index is 0.0490. The van der Waals surface area contributed by atoms with E-state index in [1.807, 2.05) is 86.6 Å². The van der Waals surface area contributed by atoms with Crippen LogP contribution in [0.4, 0.5) is 0 Å². The highest BCUT2D eigenvalue weighted by Gasteiger charge is 2.34. The molecule has 6 rings (SSSR count). The van der Waals surface area contributed by atoms with Crippen molar-refractivity contribution in [1.29, 1.82) is 0 Å². The number of carbonyl (C=O) groups is 2. The fourth-order valence-electron chi connectivity index (χ4n) is 5.05. The maximum atomic E-state index is 13.4. The molecule has 0 amide bonds. The molecule has 2 aliphatic rings. The van der Waals surface area contributed by atoms with Gasteiger partial charge in [0.15, 0.2) is 11.6 Å². The van der Waals surface area contributed by atoms with E-state index in [-0.39, 0.29) is 11.6 Å². The first kappa shape index (κ1) is 18.7. The van der Waals surface area contributed by atoms with Gasteiger partial charge in [-0.05, 0) is 59.4 Å². The lowest BCUT2D eigenvalue weighted by Crippen LogP contribution is -2.19. The number of aryl methyl sites for hydroxylation is 2. The highest BCUT2D eigenvalue weighted by molar-refractivity contribution is 6.27. The van der Waals surface area contributed by atoms with E-state index in [0.717, 1.165) is 44.5 Å². The zero-order valence-corrected chi connectivity index (χ0v) is 17.9. The molecule has 0 bridgehead atoms. The lowest BCUT2D eigenvalue weighted by Gasteiger charge is -2.29. The van der Waals surface area contributed by atoms with Gasteiger partial charge in [0.2, 0.25) is 0 Å². The van der Waals surface area contributed by atoms with Crippen LogP contribution in [-0.2, 0) is 0 Å². The van der Waals surface area contributed by atoms with Gasteiger partial charge in [-0.3, -0.25) is 9.59 Å². The van der Waals surface area contributed by atoms with Gasteiger partial charge in [0, 0.05) is 22.3 Å². The maximum Gasteiger partial charge on any atom is 0.194 e. The molecule has 0 radical (unpaired) electrons. The second-order valence-corrected chi connectivity index (χ2v) is 8.60. The molecular formula is C30H20O2. The van der Waals surface area contributed by atoms with Gasteiger partial charge in [0.1, 0.15) is 0 Å². The predicted octanol–water partition coefficient (Wildman–Crippen LogP) is 6.40. The molecule has 0 saturated heterocycles. The van der Waals surface area contributed by atoms with Crippen molar-refractivity contribution < 1.29 is 9.59 Å². The molecule has 2 nitrogen and oxygen atoms in total. The second kappa shape index (κ2) is 6.73. The first-order chi connectivity index (χ1) is 15.5. The summed E-state index contributed by atoms with van der Waals surface area (Å²) in [5.74, 6) is 0.0981. The standard InChI is InChI=1S/C30H20O2/c1-17-11-13-21-25(15-17)29(31)23-9-5-3-7-19(23)27(21)28-20-8-4-6-10-24(20)30(32)26-16-18(2)12-14-22(26)28/h3-16H,1-2H3/b28-27-. The molecule has 0 aromatic heterocycles. The summed E-state index contributed by atoms with van der Waals surface area (Å²) in [4.78, 5) is 26.8. The van der Waals surface area contributed by atoms with Gasteiger partial charge in [-0.15, -0.1) is 0 Å². The summed E-state index contributed by atoms with van der Waals surface area (Å²) >= 11 is 0. The Morgan fingerprint density at radius 3 is 1.16 bits per heavy atom. The number of carbonyl (C=O) groups excluding carboxylic acids is 2. The molecule has 2 aliphatic carbocycles. The molecule has 152 valence electrons. The van der Waals surface area contributed by atoms with E-state index in [9.17, 15) is 9.59 Å². The number of benzene rings is 4. The summed E-state index contributed by atoms with van der Waals surface area (Å²) in [6.45, 7) is 4.01. The Labute approximate surface area is 186 Å². The van der Waals surface area contributed by atoms with Crippen molar-refractivity contribution in [3.05, 3.63) is 141 Å². The summed E-state index contributed by atoms with van der Waals surface area (Å²) in [5, 5.41) is 0. The average molecular weight is 412 g/mol. The van der Waals surface area contributed by atoms with Crippen LogP contribution >= 0.6 is 0 Å². The van der Waals surface area contributed by atoms with Crippen LogP contribution in [0, 0.1) is 13.8 Å². The monoisotopic (exact) mass is 412 g/mol. The van der Waals surface area contributed by atoms with Crippen molar-refractivity contribution in [1.82, 2.24) is 0 Å². The van der Waals surface area contributed by atoms with Crippen LogP contribution < -0.4 is 0 Å². The normalized spacial score (nSPS) is 16.2. The maximum absolute atomic E-state index is 13.4. The number of rotatable bonds is 0. The Bertz CT molecular complexity index is 1400. The number of ketones is 2. The summed E-state index contributed by atoms with van der Waals surface area (Å²) < 4.78 is 0. The third-order valence-corrected chi connectivity index (χ3v) is 6.51. The molecule has 0 heterocycles. The highest BCUT2D eigenvalue weighted by Crippen LogP contribution is 2.46. The first-order valence-corrected chi connectivity index (χ1v) is 10.8. The van der Waals surface area contributed by atoms with Crippen LogP contribution in [0.15, 0.2) is 84.9 Å². The summed E-state index contributed by atoms with van der Waals surface area (Å²) in [6, 6.07) is 27.8. The lowest BCUT2D eigenvalue weighted by molar-refractivity contribution is 0.102. The summed E-state index contributed by atoms with van der Waals surface area (Å²) in [7, 11) is 0. The van der Waals surface area contributed by atoms with Gasteiger partial charge in [0.25, 0.3) is 0 Å². The predicted molar refractivity (Wildman–Crippen MR) is 127 cm³/mol. The first-order valence-electron chi connectivity index (χ1n) is 10.8. The fraction of sp³-hybridized carbons (Fsp3) is 0.0667. The molecule has 0 fully saturated rings. The van der Waals surface area contributed by atoms with Gasteiger partial charge in [-0.1, -0.05) is 83.9 Å². The van der Waals surface area contributed by atoms with Crippen molar-refractivity contribution in [2.45, 2.75) is 13.8 Å². The quantitative estimate of drug-likeness (QED) is 0.289. The zero-order valence-electron chi connectivity index (χ0n) is 17.9. The molecule has 4 aromatic rings. The fourth-order valence-corrected chi connectivity index (χ4v) is 5.05. The van der Waals surface area contributed by atoms with E-state index < -0.39 is 0 Å². The van der Waals surface area contributed by atoms with Crippen molar-refractivity contribution in [2.75, 3.05) is 0 Å². The SMILES string of the molecule is Cc1ccc2c(c1)C(=O)c1ccccc1/C2=C1\c2ccccc2C(=O)c2cc(C)ccc21. The Kier molecular flexibility index (Phi) is 3.93. The van der Waals surface area contributed by atoms with Crippen LogP contribution in [-0.4, -0.2) is 11.6 Å². The minimum Gasteiger partial charge on any atom is -0.289 e. The summed E-state index contributed by atoms with van der Waals surface area (Å²) in [6.07, 6.45) is 0. The average Bonchev–Trinajstić information content (AvgIpc) is 2.81. The second-order valence-electron chi connectivity index (χ2n) is 8.60. The Hall–Kier alpha value is -4.04. The summed E-state index contributed by atoms with van der Waals surface area (Å²) in [5.41, 5.74) is 10.7. The molecule has 0 aliphatic heterocycles. The van der Waals surface area contributed by atoms with Crippen molar-refractivity contribution in [3.63, 3.8) is 0 Å². The number of fused-ring (bicyclic) bond motifs is 4. The van der Waals surface area contributed by atoms with Gasteiger partial charge < -0.3 is 0 Å².